The highest BCUT2D eigenvalue weighted by Gasteiger charge is 2.20. The minimum atomic E-state index is -0.756. The summed E-state index contributed by atoms with van der Waals surface area (Å²) in [6.07, 6.45) is 1.56. The number of rotatable bonds is 7. The molecule has 0 saturated heterocycles. The molecule has 1 aromatic rings. The van der Waals surface area contributed by atoms with Crippen molar-refractivity contribution in [2.24, 2.45) is 0 Å². The lowest BCUT2D eigenvalue weighted by atomic mass is 10.0. The van der Waals surface area contributed by atoms with Gasteiger partial charge in [0, 0.05) is 32.1 Å². The summed E-state index contributed by atoms with van der Waals surface area (Å²) in [5.74, 6) is 0. The van der Waals surface area contributed by atoms with Crippen LogP contribution in [0.3, 0.4) is 0 Å². The van der Waals surface area contributed by atoms with Crippen molar-refractivity contribution in [2.75, 3.05) is 25.6 Å². The molecule has 0 spiro atoms. The standard InChI is InChI=1S/C11H20N2O2S/c1-4-9-7-16-10(13-9)12-8-11(2,14)5-6-15-3/h7,14H,4-6,8H2,1-3H3,(H,12,13). The number of thiazole rings is 1. The fourth-order valence-electron chi connectivity index (χ4n) is 1.23. The van der Waals surface area contributed by atoms with Gasteiger partial charge in [-0.05, 0) is 13.3 Å². The van der Waals surface area contributed by atoms with E-state index in [4.69, 9.17) is 4.74 Å². The van der Waals surface area contributed by atoms with E-state index in [1.165, 1.54) is 0 Å². The second-order valence-corrected chi connectivity index (χ2v) is 4.95. The van der Waals surface area contributed by atoms with E-state index >= 15 is 0 Å². The molecule has 1 heterocycles. The van der Waals surface area contributed by atoms with Gasteiger partial charge in [-0.25, -0.2) is 4.98 Å². The lowest BCUT2D eigenvalue weighted by Gasteiger charge is -2.22. The van der Waals surface area contributed by atoms with Gasteiger partial charge in [0.1, 0.15) is 0 Å². The van der Waals surface area contributed by atoms with Crippen LogP contribution < -0.4 is 5.32 Å². The first-order valence-electron chi connectivity index (χ1n) is 5.47. The van der Waals surface area contributed by atoms with Gasteiger partial charge in [-0.15, -0.1) is 11.3 Å². The Balaban J connectivity index is 2.37. The summed E-state index contributed by atoms with van der Waals surface area (Å²) in [4.78, 5) is 4.38. The third-order valence-electron chi connectivity index (χ3n) is 2.38. The molecule has 92 valence electrons. The number of nitrogens with one attached hydrogen (secondary N) is 1. The van der Waals surface area contributed by atoms with E-state index in [-0.39, 0.29) is 0 Å². The van der Waals surface area contributed by atoms with Crippen LogP contribution in [0.2, 0.25) is 0 Å². The summed E-state index contributed by atoms with van der Waals surface area (Å²) < 4.78 is 4.95. The Morgan fingerprint density at radius 1 is 1.62 bits per heavy atom. The highest BCUT2D eigenvalue weighted by atomic mass is 32.1. The Morgan fingerprint density at radius 3 is 2.94 bits per heavy atom. The Labute approximate surface area is 101 Å². The largest absolute Gasteiger partial charge is 0.388 e. The fraction of sp³-hybridized carbons (Fsp3) is 0.727. The topological polar surface area (TPSA) is 54.4 Å². The maximum atomic E-state index is 10.0. The Morgan fingerprint density at radius 2 is 2.38 bits per heavy atom. The maximum Gasteiger partial charge on any atom is 0.182 e. The normalized spacial score (nSPS) is 14.8. The molecule has 0 aliphatic carbocycles. The molecule has 1 unspecified atom stereocenters. The summed E-state index contributed by atoms with van der Waals surface area (Å²) in [7, 11) is 1.64. The molecule has 0 aromatic carbocycles. The molecule has 5 heteroatoms. The molecule has 0 fully saturated rings. The molecule has 1 rings (SSSR count). The molecule has 1 aromatic heterocycles. The fourth-order valence-corrected chi connectivity index (χ4v) is 2.02. The first-order valence-corrected chi connectivity index (χ1v) is 6.35. The van der Waals surface area contributed by atoms with Gasteiger partial charge < -0.3 is 15.2 Å². The number of methoxy groups -OCH3 is 1. The molecule has 0 saturated carbocycles. The molecular weight excluding hydrogens is 224 g/mol. The van der Waals surface area contributed by atoms with Crippen molar-refractivity contribution < 1.29 is 9.84 Å². The Kier molecular flexibility index (Phi) is 5.18. The van der Waals surface area contributed by atoms with E-state index in [1.54, 1.807) is 25.4 Å². The van der Waals surface area contributed by atoms with Crippen LogP contribution in [0.1, 0.15) is 26.0 Å². The minimum Gasteiger partial charge on any atom is -0.388 e. The zero-order valence-electron chi connectivity index (χ0n) is 10.1. The third kappa shape index (κ3) is 4.47. The first-order chi connectivity index (χ1) is 7.57. The van der Waals surface area contributed by atoms with E-state index in [0.717, 1.165) is 17.2 Å². The molecule has 0 bridgehead atoms. The van der Waals surface area contributed by atoms with Gasteiger partial charge in [0.25, 0.3) is 0 Å². The van der Waals surface area contributed by atoms with Crippen LogP contribution in [0.5, 0.6) is 0 Å². The van der Waals surface area contributed by atoms with Gasteiger partial charge in [0.15, 0.2) is 5.13 Å². The summed E-state index contributed by atoms with van der Waals surface area (Å²) >= 11 is 1.57. The lowest BCUT2D eigenvalue weighted by Crippen LogP contribution is -2.34. The van der Waals surface area contributed by atoms with Crippen LogP contribution in [-0.2, 0) is 11.2 Å². The molecule has 4 nitrogen and oxygen atoms in total. The van der Waals surface area contributed by atoms with Crippen LogP contribution in [0.15, 0.2) is 5.38 Å². The number of nitrogens with zero attached hydrogens (tertiary/aromatic N) is 1. The monoisotopic (exact) mass is 244 g/mol. The number of hydrogen-bond donors (Lipinski definition) is 2. The number of hydrogen-bond acceptors (Lipinski definition) is 5. The SMILES string of the molecule is CCc1csc(NCC(C)(O)CCOC)n1. The molecule has 0 radical (unpaired) electrons. The van der Waals surface area contributed by atoms with Crippen molar-refractivity contribution in [3.05, 3.63) is 11.1 Å². The number of aryl methyl sites for hydroxylation is 1. The average molecular weight is 244 g/mol. The van der Waals surface area contributed by atoms with Gasteiger partial charge in [-0.1, -0.05) is 6.92 Å². The zero-order valence-corrected chi connectivity index (χ0v) is 10.9. The molecule has 0 aliphatic heterocycles. The van der Waals surface area contributed by atoms with Crippen LogP contribution in [-0.4, -0.2) is 36.0 Å². The van der Waals surface area contributed by atoms with Gasteiger partial charge in [-0.2, -0.15) is 0 Å². The van der Waals surface area contributed by atoms with Crippen molar-refractivity contribution in [2.45, 2.75) is 32.3 Å². The van der Waals surface area contributed by atoms with E-state index in [2.05, 4.69) is 17.2 Å². The zero-order chi connectivity index (χ0) is 12.0. The van der Waals surface area contributed by atoms with Crippen molar-refractivity contribution >= 4 is 16.5 Å². The smallest absolute Gasteiger partial charge is 0.182 e. The number of aromatic nitrogens is 1. The second-order valence-electron chi connectivity index (χ2n) is 4.09. The van der Waals surface area contributed by atoms with Crippen LogP contribution in [0.25, 0.3) is 0 Å². The molecule has 0 amide bonds. The third-order valence-corrected chi connectivity index (χ3v) is 3.23. The number of ether oxygens (including phenoxy) is 1. The molecule has 2 N–H and O–H groups in total. The predicted octanol–water partition coefficient (Wildman–Crippen LogP) is 1.90. The summed E-state index contributed by atoms with van der Waals surface area (Å²) in [5.41, 5.74) is 0.331. The van der Waals surface area contributed by atoms with Crippen molar-refractivity contribution in [3.63, 3.8) is 0 Å². The van der Waals surface area contributed by atoms with Crippen molar-refractivity contribution in [1.82, 2.24) is 4.98 Å². The Bertz CT molecular complexity index is 313. The van der Waals surface area contributed by atoms with E-state index < -0.39 is 5.60 Å². The highest BCUT2D eigenvalue weighted by molar-refractivity contribution is 7.13. The summed E-state index contributed by atoms with van der Waals surface area (Å²) in [6.45, 7) is 4.93. The lowest BCUT2D eigenvalue weighted by molar-refractivity contribution is 0.0357. The average Bonchev–Trinajstić information content (AvgIpc) is 2.72. The van der Waals surface area contributed by atoms with Gasteiger partial charge in [0.2, 0.25) is 0 Å². The summed E-state index contributed by atoms with van der Waals surface area (Å²) in [6, 6.07) is 0. The van der Waals surface area contributed by atoms with Crippen LogP contribution >= 0.6 is 11.3 Å². The minimum absolute atomic E-state index is 0.493. The molecular formula is C11H20N2O2S. The maximum absolute atomic E-state index is 10.0. The van der Waals surface area contributed by atoms with E-state index in [9.17, 15) is 5.11 Å². The van der Waals surface area contributed by atoms with Gasteiger partial charge >= 0.3 is 0 Å². The van der Waals surface area contributed by atoms with Gasteiger partial charge in [0.05, 0.1) is 11.3 Å². The second kappa shape index (κ2) is 6.18. The van der Waals surface area contributed by atoms with E-state index in [1.807, 2.05) is 5.38 Å². The quantitative estimate of drug-likeness (QED) is 0.769. The van der Waals surface area contributed by atoms with Crippen LogP contribution in [0.4, 0.5) is 5.13 Å². The predicted molar refractivity (Wildman–Crippen MR) is 67.1 cm³/mol. The highest BCUT2D eigenvalue weighted by Crippen LogP contribution is 2.17. The van der Waals surface area contributed by atoms with Crippen molar-refractivity contribution in [1.29, 1.82) is 0 Å². The number of aliphatic hydroxyl groups is 1. The van der Waals surface area contributed by atoms with Gasteiger partial charge in [-0.3, -0.25) is 0 Å². The Hall–Kier alpha value is -0.650. The molecule has 16 heavy (non-hydrogen) atoms. The van der Waals surface area contributed by atoms with Crippen molar-refractivity contribution in [3.8, 4) is 0 Å². The van der Waals surface area contributed by atoms with Crippen LogP contribution in [0, 0.1) is 0 Å². The molecule has 1 atom stereocenters. The first kappa shape index (κ1) is 13.4. The molecule has 0 aliphatic rings. The van der Waals surface area contributed by atoms with E-state index in [0.29, 0.717) is 19.6 Å². The summed E-state index contributed by atoms with van der Waals surface area (Å²) in [5, 5.41) is 16.1. The number of anilines is 1.